The number of nitrogens with zero attached hydrogens (tertiary/aromatic N) is 1. The molecule has 0 bridgehead atoms. The lowest BCUT2D eigenvalue weighted by molar-refractivity contribution is 0.0604. The summed E-state index contributed by atoms with van der Waals surface area (Å²) < 4.78 is 0. The Kier molecular flexibility index (Phi) is 3.50. The summed E-state index contributed by atoms with van der Waals surface area (Å²) in [6.45, 7) is 0. The van der Waals surface area contributed by atoms with E-state index in [1.54, 1.807) is 7.05 Å². The number of amides is 2. The van der Waals surface area contributed by atoms with E-state index < -0.39 is 6.10 Å². The highest BCUT2D eigenvalue weighted by Crippen LogP contribution is 2.22. The number of likely N-dealkylation sites (N-methyl/N-ethyl adjacent to an activating group) is 1. The van der Waals surface area contributed by atoms with Gasteiger partial charge in [0.15, 0.2) is 0 Å². The minimum Gasteiger partial charge on any atom is -0.391 e. The third-order valence-electron chi connectivity index (χ3n) is 2.45. The van der Waals surface area contributed by atoms with Crippen molar-refractivity contribution >= 4 is 6.03 Å². The number of hydrogen-bond acceptors (Lipinski definition) is 3. The van der Waals surface area contributed by atoms with Gasteiger partial charge >= 0.3 is 6.03 Å². The van der Waals surface area contributed by atoms with E-state index in [1.165, 1.54) is 12.0 Å². The molecule has 2 N–H and O–H groups in total. The molecule has 5 nitrogen and oxygen atoms in total. The van der Waals surface area contributed by atoms with Crippen molar-refractivity contribution in [1.82, 2.24) is 10.4 Å². The van der Waals surface area contributed by atoms with Crippen LogP contribution in [0.5, 0.6) is 0 Å². The number of rotatable bonds is 2. The predicted molar refractivity (Wildman–Crippen MR) is 46.9 cm³/mol. The van der Waals surface area contributed by atoms with Crippen LogP contribution in [-0.2, 0) is 4.84 Å². The molecule has 0 saturated heterocycles. The lowest BCUT2D eigenvalue weighted by Gasteiger charge is -2.26. The Morgan fingerprint density at radius 1 is 1.62 bits per heavy atom. The van der Waals surface area contributed by atoms with Crippen LogP contribution in [-0.4, -0.2) is 42.3 Å². The minimum absolute atomic E-state index is 0.0739. The van der Waals surface area contributed by atoms with Crippen molar-refractivity contribution in [3.63, 3.8) is 0 Å². The third-order valence-corrected chi connectivity index (χ3v) is 2.45. The van der Waals surface area contributed by atoms with Crippen LogP contribution < -0.4 is 5.48 Å². The lowest BCUT2D eigenvalue weighted by Crippen LogP contribution is -2.46. The second kappa shape index (κ2) is 4.43. The summed E-state index contributed by atoms with van der Waals surface area (Å²) in [5, 5.41) is 9.51. The van der Waals surface area contributed by atoms with E-state index in [2.05, 4.69) is 10.3 Å². The smallest absolute Gasteiger partial charge is 0.341 e. The van der Waals surface area contributed by atoms with Crippen molar-refractivity contribution in [1.29, 1.82) is 0 Å². The van der Waals surface area contributed by atoms with E-state index in [4.69, 9.17) is 0 Å². The summed E-state index contributed by atoms with van der Waals surface area (Å²) in [4.78, 5) is 17.2. The molecule has 2 amide bonds. The monoisotopic (exact) mass is 188 g/mol. The van der Waals surface area contributed by atoms with Crippen LogP contribution in [0.15, 0.2) is 0 Å². The molecule has 1 aliphatic rings. The molecule has 0 radical (unpaired) electrons. The first kappa shape index (κ1) is 10.3. The first-order valence-corrected chi connectivity index (χ1v) is 4.40. The number of urea groups is 1. The van der Waals surface area contributed by atoms with Crippen molar-refractivity contribution in [2.45, 2.75) is 31.4 Å². The summed E-state index contributed by atoms with van der Waals surface area (Å²) in [7, 11) is 3.05. The second-order valence-corrected chi connectivity index (χ2v) is 3.29. The van der Waals surface area contributed by atoms with Gasteiger partial charge in [-0.15, -0.1) is 0 Å². The molecule has 0 aromatic carbocycles. The van der Waals surface area contributed by atoms with Crippen LogP contribution in [0.1, 0.15) is 19.3 Å². The molecule has 0 unspecified atom stereocenters. The summed E-state index contributed by atoms with van der Waals surface area (Å²) in [6.07, 6.45) is 2.20. The number of nitrogens with one attached hydrogen (secondary N) is 1. The fourth-order valence-electron chi connectivity index (χ4n) is 1.68. The van der Waals surface area contributed by atoms with E-state index in [-0.39, 0.29) is 12.1 Å². The quantitative estimate of drug-likeness (QED) is 0.604. The SMILES string of the molecule is CONC(=O)N(C)[C@@H]1CCC[C@H]1O. The van der Waals surface area contributed by atoms with Gasteiger partial charge in [-0.05, 0) is 19.3 Å². The van der Waals surface area contributed by atoms with Gasteiger partial charge in [0.05, 0.1) is 19.3 Å². The Morgan fingerprint density at radius 3 is 2.77 bits per heavy atom. The normalized spacial score (nSPS) is 27.3. The molecule has 1 aliphatic carbocycles. The Morgan fingerprint density at radius 2 is 2.31 bits per heavy atom. The number of hydrogen-bond donors (Lipinski definition) is 2. The molecule has 76 valence electrons. The fourth-order valence-corrected chi connectivity index (χ4v) is 1.68. The van der Waals surface area contributed by atoms with Crippen molar-refractivity contribution in [2.75, 3.05) is 14.2 Å². The second-order valence-electron chi connectivity index (χ2n) is 3.29. The fraction of sp³-hybridized carbons (Fsp3) is 0.875. The van der Waals surface area contributed by atoms with Gasteiger partial charge in [0, 0.05) is 7.05 Å². The Labute approximate surface area is 77.6 Å². The number of aliphatic hydroxyl groups is 1. The van der Waals surface area contributed by atoms with Crippen molar-refractivity contribution in [3.8, 4) is 0 Å². The van der Waals surface area contributed by atoms with E-state index in [0.717, 1.165) is 19.3 Å². The Balaban J connectivity index is 2.45. The highest BCUT2D eigenvalue weighted by Gasteiger charge is 2.31. The summed E-state index contributed by atoms with van der Waals surface area (Å²) in [6, 6.07) is -0.386. The molecule has 13 heavy (non-hydrogen) atoms. The number of hydroxylamine groups is 1. The Hall–Kier alpha value is -0.810. The summed E-state index contributed by atoms with van der Waals surface area (Å²) >= 11 is 0. The molecule has 0 aromatic heterocycles. The molecule has 0 heterocycles. The van der Waals surface area contributed by atoms with Crippen LogP contribution in [0, 0.1) is 0 Å². The van der Waals surface area contributed by atoms with Crippen LogP contribution in [0.4, 0.5) is 4.79 Å². The molecule has 1 saturated carbocycles. The molecule has 0 spiro atoms. The van der Waals surface area contributed by atoms with Crippen molar-refractivity contribution < 1.29 is 14.7 Å². The van der Waals surface area contributed by atoms with E-state index >= 15 is 0 Å². The number of carbonyl (C=O) groups is 1. The van der Waals surface area contributed by atoms with Crippen LogP contribution in [0.25, 0.3) is 0 Å². The molecule has 1 fully saturated rings. The van der Waals surface area contributed by atoms with Crippen LogP contribution in [0.3, 0.4) is 0 Å². The highest BCUT2D eigenvalue weighted by molar-refractivity contribution is 5.73. The van der Waals surface area contributed by atoms with Gasteiger partial charge in [0.1, 0.15) is 0 Å². The zero-order valence-electron chi connectivity index (χ0n) is 7.99. The standard InChI is InChI=1S/C8H16N2O3/c1-10(8(12)9-13-2)6-4-3-5-7(6)11/h6-7,11H,3-5H2,1-2H3,(H,9,12)/t6-,7-/m1/s1. The Bertz CT molecular complexity index is 186. The van der Waals surface area contributed by atoms with Crippen LogP contribution in [0.2, 0.25) is 0 Å². The molecule has 0 aromatic rings. The van der Waals surface area contributed by atoms with Gasteiger partial charge in [-0.2, -0.15) is 0 Å². The molecule has 1 rings (SSSR count). The maximum atomic E-state index is 11.3. The predicted octanol–water partition coefficient (Wildman–Crippen LogP) is 0.103. The van der Waals surface area contributed by atoms with Gasteiger partial charge in [-0.25, -0.2) is 10.3 Å². The van der Waals surface area contributed by atoms with Crippen molar-refractivity contribution in [2.24, 2.45) is 0 Å². The largest absolute Gasteiger partial charge is 0.391 e. The van der Waals surface area contributed by atoms with Crippen LogP contribution >= 0.6 is 0 Å². The highest BCUT2D eigenvalue weighted by atomic mass is 16.6. The molecule has 5 heteroatoms. The average Bonchev–Trinajstić information content (AvgIpc) is 2.50. The molecular weight excluding hydrogens is 172 g/mol. The van der Waals surface area contributed by atoms with E-state index in [9.17, 15) is 9.90 Å². The van der Waals surface area contributed by atoms with Gasteiger partial charge in [-0.1, -0.05) is 0 Å². The van der Waals surface area contributed by atoms with Gasteiger partial charge in [0.25, 0.3) is 0 Å². The first-order chi connectivity index (χ1) is 6.16. The zero-order chi connectivity index (χ0) is 9.84. The minimum atomic E-state index is -0.396. The first-order valence-electron chi connectivity index (χ1n) is 4.40. The third kappa shape index (κ3) is 2.32. The van der Waals surface area contributed by atoms with E-state index in [1.807, 2.05) is 0 Å². The summed E-state index contributed by atoms with van der Waals surface area (Å²) in [5.74, 6) is 0. The lowest BCUT2D eigenvalue weighted by atomic mass is 10.2. The van der Waals surface area contributed by atoms with Gasteiger partial charge in [0.2, 0.25) is 0 Å². The maximum Gasteiger partial charge on any atom is 0.341 e. The van der Waals surface area contributed by atoms with Crippen molar-refractivity contribution in [3.05, 3.63) is 0 Å². The average molecular weight is 188 g/mol. The zero-order valence-corrected chi connectivity index (χ0v) is 7.99. The maximum absolute atomic E-state index is 11.3. The molecular formula is C8H16N2O3. The van der Waals surface area contributed by atoms with E-state index in [0.29, 0.717) is 0 Å². The topological polar surface area (TPSA) is 61.8 Å². The van der Waals surface area contributed by atoms with Gasteiger partial charge in [-0.3, -0.25) is 4.84 Å². The number of aliphatic hydroxyl groups excluding tert-OH is 1. The summed E-state index contributed by atoms with van der Waals surface area (Å²) in [5.41, 5.74) is 2.22. The molecule has 2 atom stereocenters. The van der Waals surface area contributed by atoms with Gasteiger partial charge < -0.3 is 10.0 Å². The number of carbonyl (C=O) groups excluding carboxylic acids is 1. The molecule has 0 aliphatic heterocycles.